The van der Waals surface area contributed by atoms with Crippen LogP contribution in [0, 0.1) is 19.8 Å². The Balaban J connectivity index is 2.22. The van der Waals surface area contributed by atoms with Gasteiger partial charge in [-0.1, -0.05) is 25.7 Å². The van der Waals surface area contributed by atoms with Crippen LogP contribution in [-0.2, 0) is 16.1 Å². The smallest absolute Gasteiger partial charge is 0.251 e. The van der Waals surface area contributed by atoms with Gasteiger partial charge in [-0.3, -0.25) is 4.79 Å². The van der Waals surface area contributed by atoms with Crippen molar-refractivity contribution in [1.82, 2.24) is 4.57 Å². The molecule has 0 unspecified atom stereocenters. The number of ether oxygens (including phenoxy) is 1. The van der Waals surface area contributed by atoms with Crippen LogP contribution in [0.15, 0.2) is 4.99 Å². The minimum absolute atomic E-state index is 0.0734. The van der Waals surface area contributed by atoms with Crippen LogP contribution in [-0.4, -0.2) is 24.2 Å². The molecule has 2 rings (SSSR count). The standard InChI is InChI=1S/C16H26N2O2S/c1-12-13(2)21-16(18(12)10-11-20-3)17-15(19)14-8-6-4-5-7-9-14/h14H,4-11H2,1-3H3/b17-16-. The lowest BCUT2D eigenvalue weighted by atomic mass is 10.00. The Bertz CT molecular complexity index is 537. The molecule has 1 aromatic rings. The van der Waals surface area contributed by atoms with Crippen molar-refractivity contribution >= 4 is 17.2 Å². The highest BCUT2D eigenvalue weighted by atomic mass is 32.1. The van der Waals surface area contributed by atoms with Gasteiger partial charge >= 0.3 is 0 Å². The SMILES string of the molecule is COCCn1c(C)c(C)s/c1=N\C(=O)C1CCCCCC1. The van der Waals surface area contributed by atoms with E-state index in [0.29, 0.717) is 6.61 Å². The first kappa shape index (κ1) is 16.4. The van der Waals surface area contributed by atoms with Gasteiger partial charge in [0.15, 0.2) is 4.80 Å². The van der Waals surface area contributed by atoms with Crippen LogP contribution >= 0.6 is 11.3 Å². The maximum atomic E-state index is 12.5. The van der Waals surface area contributed by atoms with Gasteiger partial charge in [-0.05, 0) is 26.7 Å². The van der Waals surface area contributed by atoms with E-state index in [9.17, 15) is 4.79 Å². The number of nitrogens with zero attached hydrogens (tertiary/aromatic N) is 2. The third-order valence-corrected chi connectivity index (χ3v) is 5.41. The van der Waals surface area contributed by atoms with E-state index >= 15 is 0 Å². The minimum atomic E-state index is 0.0734. The molecule has 1 saturated carbocycles. The molecule has 4 nitrogen and oxygen atoms in total. The van der Waals surface area contributed by atoms with E-state index in [-0.39, 0.29) is 11.8 Å². The van der Waals surface area contributed by atoms with Crippen LogP contribution in [0.5, 0.6) is 0 Å². The van der Waals surface area contributed by atoms with Crippen molar-refractivity contribution < 1.29 is 9.53 Å². The maximum Gasteiger partial charge on any atom is 0.251 e. The zero-order valence-electron chi connectivity index (χ0n) is 13.4. The molecule has 0 aliphatic heterocycles. The maximum absolute atomic E-state index is 12.5. The third kappa shape index (κ3) is 4.27. The number of rotatable bonds is 4. The van der Waals surface area contributed by atoms with Gasteiger partial charge in [-0.2, -0.15) is 4.99 Å². The molecule has 1 heterocycles. The summed E-state index contributed by atoms with van der Waals surface area (Å²) < 4.78 is 7.27. The molecule has 1 amide bonds. The van der Waals surface area contributed by atoms with Crippen molar-refractivity contribution in [2.75, 3.05) is 13.7 Å². The molecule has 1 aliphatic rings. The fourth-order valence-electron chi connectivity index (χ4n) is 2.84. The molecule has 21 heavy (non-hydrogen) atoms. The monoisotopic (exact) mass is 310 g/mol. The summed E-state index contributed by atoms with van der Waals surface area (Å²) in [6.45, 7) is 5.56. The molecule has 118 valence electrons. The Kier molecular flexibility index (Phi) is 6.18. The Morgan fingerprint density at radius 3 is 2.57 bits per heavy atom. The van der Waals surface area contributed by atoms with Crippen molar-refractivity contribution in [2.45, 2.75) is 58.9 Å². The molecule has 0 aromatic carbocycles. The van der Waals surface area contributed by atoms with Crippen molar-refractivity contribution in [3.63, 3.8) is 0 Å². The molecule has 0 saturated heterocycles. The van der Waals surface area contributed by atoms with Crippen LogP contribution < -0.4 is 4.80 Å². The van der Waals surface area contributed by atoms with E-state index in [4.69, 9.17) is 4.74 Å². The topological polar surface area (TPSA) is 43.6 Å². The number of methoxy groups -OCH3 is 1. The number of aryl methyl sites for hydroxylation is 1. The number of amides is 1. The summed E-state index contributed by atoms with van der Waals surface area (Å²) in [5, 5.41) is 0. The van der Waals surface area contributed by atoms with Gasteiger partial charge in [0, 0.05) is 30.1 Å². The quantitative estimate of drug-likeness (QED) is 0.802. The van der Waals surface area contributed by atoms with Gasteiger partial charge in [-0.25, -0.2) is 0 Å². The molecule has 0 spiro atoms. The Hall–Kier alpha value is -0.940. The molecule has 0 atom stereocenters. The molecule has 1 fully saturated rings. The summed E-state index contributed by atoms with van der Waals surface area (Å²) in [6.07, 6.45) is 6.85. The average Bonchev–Trinajstić information content (AvgIpc) is 2.68. The second-order valence-electron chi connectivity index (χ2n) is 5.81. The van der Waals surface area contributed by atoms with Gasteiger partial charge < -0.3 is 9.30 Å². The number of carbonyl (C=O) groups excluding carboxylic acids is 1. The minimum Gasteiger partial charge on any atom is -0.383 e. The number of thiazole rings is 1. The lowest BCUT2D eigenvalue weighted by molar-refractivity contribution is -0.122. The molecule has 1 aliphatic carbocycles. The van der Waals surface area contributed by atoms with Crippen LogP contribution in [0.2, 0.25) is 0 Å². The highest BCUT2D eigenvalue weighted by molar-refractivity contribution is 7.09. The average molecular weight is 310 g/mol. The van der Waals surface area contributed by atoms with Crippen molar-refractivity contribution in [3.8, 4) is 0 Å². The predicted octanol–water partition coefficient (Wildman–Crippen LogP) is 3.21. The fraction of sp³-hybridized carbons (Fsp3) is 0.750. The second-order valence-corrected chi connectivity index (χ2v) is 6.99. The van der Waals surface area contributed by atoms with Crippen LogP contribution in [0.1, 0.15) is 49.1 Å². The third-order valence-electron chi connectivity index (χ3n) is 4.32. The first-order valence-corrected chi connectivity index (χ1v) is 8.69. The predicted molar refractivity (Wildman–Crippen MR) is 85.4 cm³/mol. The van der Waals surface area contributed by atoms with Crippen molar-refractivity contribution in [2.24, 2.45) is 10.9 Å². The van der Waals surface area contributed by atoms with Gasteiger partial charge in [0.25, 0.3) is 5.91 Å². The summed E-state index contributed by atoms with van der Waals surface area (Å²) in [5.74, 6) is 0.204. The highest BCUT2D eigenvalue weighted by Crippen LogP contribution is 2.23. The van der Waals surface area contributed by atoms with E-state index in [0.717, 1.165) is 37.0 Å². The van der Waals surface area contributed by atoms with Gasteiger partial charge in [0.05, 0.1) is 6.61 Å². The van der Waals surface area contributed by atoms with Crippen molar-refractivity contribution in [3.05, 3.63) is 15.4 Å². The van der Waals surface area contributed by atoms with Crippen LogP contribution in [0.4, 0.5) is 0 Å². The summed E-state index contributed by atoms with van der Waals surface area (Å²) in [4.78, 5) is 19.0. The van der Waals surface area contributed by atoms with Gasteiger partial charge in [-0.15, -0.1) is 11.3 Å². The molecule has 0 radical (unpaired) electrons. The molecular formula is C16H26N2O2S. The Morgan fingerprint density at radius 1 is 1.29 bits per heavy atom. The zero-order chi connectivity index (χ0) is 15.2. The second kappa shape index (κ2) is 7.90. The van der Waals surface area contributed by atoms with E-state index in [2.05, 4.69) is 23.4 Å². The summed E-state index contributed by atoms with van der Waals surface area (Å²) in [5.41, 5.74) is 1.18. The normalized spacial score (nSPS) is 18.0. The van der Waals surface area contributed by atoms with Crippen molar-refractivity contribution in [1.29, 1.82) is 0 Å². The summed E-state index contributed by atoms with van der Waals surface area (Å²) in [7, 11) is 1.70. The number of carbonyl (C=O) groups is 1. The summed E-state index contributed by atoms with van der Waals surface area (Å²) >= 11 is 1.61. The van der Waals surface area contributed by atoms with E-state index in [1.54, 1.807) is 18.4 Å². The molecule has 1 aromatic heterocycles. The first-order valence-electron chi connectivity index (χ1n) is 7.88. The number of hydrogen-bond acceptors (Lipinski definition) is 3. The number of aromatic nitrogens is 1. The van der Waals surface area contributed by atoms with E-state index < -0.39 is 0 Å². The van der Waals surface area contributed by atoms with Crippen LogP contribution in [0.3, 0.4) is 0 Å². The molecule has 5 heteroatoms. The Labute approximate surface area is 130 Å². The highest BCUT2D eigenvalue weighted by Gasteiger charge is 2.20. The molecular weight excluding hydrogens is 284 g/mol. The number of hydrogen-bond donors (Lipinski definition) is 0. The lowest BCUT2D eigenvalue weighted by Gasteiger charge is -2.09. The van der Waals surface area contributed by atoms with Gasteiger partial charge in [0.1, 0.15) is 0 Å². The zero-order valence-corrected chi connectivity index (χ0v) is 14.2. The molecule has 0 N–H and O–H groups in total. The fourth-order valence-corrected chi connectivity index (χ4v) is 3.85. The molecule has 0 bridgehead atoms. The van der Waals surface area contributed by atoms with Crippen LogP contribution in [0.25, 0.3) is 0 Å². The van der Waals surface area contributed by atoms with E-state index in [1.165, 1.54) is 23.4 Å². The largest absolute Gasteiger partial charge is 0.383 e. The Morgan fingerprint density at radius 2 is 1.95 bits per heavy atom. The van der Waals surface area contributed by atoms with E-state index in [1.807, 2.05) is 0 Å². The first-order chi connectivity index (χ1) is 10.1. The summed E-state index contributed by atoms with van der Waals surface area (Å²) in [6, 6.07) is 0. The lowest BCUT2D eigenvalue weighted by Crippen LogP contribution is -2.22. The van der Waals surface area contributed by atoms with Gasteiger partial charge in [0.2, 0.25) is 0 Å².